The summed E-state index contributed by atoms with van der Waals surface area (Å²) in [7, 11) is 0. The number of aromatic amines is 1. The van der Waals surface area contributed by atoms with Crippen molar-refractivity contribution in [1.82, 2.24) is 10.4 Å². The Morgan fingerprint density at radius 2 is 1.91 bits per heavy atom. The number of aromatic nitrogens is 1. The number of nitrogens with one attached hydrogen (secondary N) is 2. The zero-order chi connectivity index (χ0) is 15.5. The zero-order valence-electron chi connectivity index (χ0n) is 12.0. The monoisotopic (exact) mass is 293 g/mol. The average Bonchev–Trinajstić information content (AvgIpc) is 2.87. The van der Waals surface area contributed by atoms with Crippen molar-refractivity contribution >= 4 is 23.0 Å². The summed E-state index contributed by atoms with van der Waals surface area (Å²) in [6.07, 6.45) is 1.63. The first-order valence-corrected chi connectivity index (χ1v) is 6.85. The number of rotatable bonds is 3. The maximum absolute atomic E-state index is 11.0. The molecular formula is C17H15N3O2. The van der Waals surface area contributed by atoms with Crippen LogP contribution in [0.15, 0.2) is 53.6 Å². The van der Waals surface area contributed by atoms with Crippen molar-refractivity contribution in [1.29, 1.82) is 0 Å². The zero-order valence-corrected chi connectivity index (χ0v) is 12.0. The molecule has 3 N–H and O–H groups in total. The molecule has 1 aromatic heterocycles. The number of para-hydroxylation sites is 1. The molecule has 1 amide bonds. The summed E-state index contributed by atoms with van der Waals surface area (Å²) in [6.45, 7) is 1.41. The molecular weight excluding hydrogens is 278 g/mol. The van der Waals surface area contributed by atoms with E-state index in [-0.39, 0.29) is 11.7 Å². The van der Waals surface area contributed by atoms with Crippen LogP contribution < -0.4 is 5.43 Å². The lowest BCUT2D eigenvalue weighted by atomic mass is 10.1. The van der Waals surface area contributed by atoms with Gasteiger partial charge in [0.1, 0.15) is 5.75 Å². The molecule has 0 bridgehead atoms. The van der Waals surface area contributed by atoms with Crippen LogP contribution in [-0.2, 0) is 4.79 Å². The van der Waals surface area contributed by atoms with Gasteiger partial charge in [-0.15, -0.1) is 0 Å². The van der Waals surface area contributed by atoms with E-state index in [0.29, 0.717) is 0 Å². The van der Waals surface area contributed by atoms with Crippen LogP contribution in [0.1, 0.15) is 12.5 Å². The van der Waals surface area contributed by atoms with Gasteiger partial charge in [0.2, 0.25) is 5.91 Å². The van der Waals surface area contributed by atoms with Crippen LogP contribution in [-0.4, -0.2) is 22.2 Å². The van der Waals surface area contributed by atoms with Crippen molar-refractivity contribution < 1.29 is 9.90 Å². The molecule has 22 heavy (non-hydrogen) atoms. The molecule has 0 atom stereocenters. The summed E-state index contributed by atoms with van der Waals surface area (Å²) < 4.78 is 0. The van der Waals surface area contributed by atoms with E-state index in [1.54, 1.807) is 18.3 Å². The molecule has 0 unspecified atom stereocenters. The van der Waals surface area contributed by atoms with Gasteiger partial charge < -0.3 is 10.1 Å². The van der Waals surface area contributed by atoms with Gasteiger partial charge in [-0.25, -0.2) is 5.43 Å². The number of carbonyl (C=O) groups excluding carboxylic acids is 1. The molecule has 0 saturated heterocycles. The molecule has 110 valence electrons. The fourth-order valence-corrected chi connectivity index (χ4v) is 2.34. The van der Waals surface area contributed by atoms with Gasteiger partial charge >= 0.3 is 0 Å². The predicted octanol–water partition coefficient (Wildman–Crippen LogP) is 3.01. The van der Waals surface area contributed by atoms with E-state index in [0.717, 1.165) is 27.7 Å². The fraction of sp³-hybridized carbons (Fsp3) is 0.0588. The number of carbonyl (C=O) groups is 1. The normalized spacial score (nSPS) is 11.1. The van der Waals surface area contributed by atoms with Gasteiger partial charge in [0.15, 0.2) is 0 Å². The van der Waals surface area contributed by atoms with Crippen LogP contribution in [0.25, 0.3) is 22.2 Å². The summed E-state index contributed by atoms with van der Waals surface area (Å²) in [4.78, 5) is 14.3. The van der Waals surface area contributed by atoms with E-state index in [1.165, 1.54) is 6.92 Å². The summed E-state index contributed by atoms with van der Waals surface area (Å²) in [6, 6.07) is 14.8. The Bertz CT molecular complexity index is 848. The van der Waals surface area contributed by atoms with Gasteiger partial charge in [-0.2, -0.15) is 5.10 Å². The van der Waals surface area contributed by atoms with Crippen LogP contribution in [0.5, 0.6) is 5.75 Å². The lowest BCUT2D eigenvalue weighted by Crippen LogP contribution is -2.12. The molecule has 0 radical (unpaired) electrons. The maximum atomic E-state index is 11.0. The Labute approximate surface area is 127 Å². The van der Waals surface area contributed by atoms with Crippen molar-refractivity contribution in [3.05, 3.63) is 54.1 Å². The number of fused-ring (bicyclic) bond motifs is 1. The third-order valence-electron chi connectivity index (χ3n) is 3.32. The molecule has 5 heteroatoms. The highest BCUT2D eigenvalue weighted by atomic mass is 16.3. The van der Waals surface area contributed by atoms with Gasteiger partial charge in [-0.05, 0) is 35.9 Å². The molecule has 5 nitrogen and oxygen atoms in total. The molecule has 3 aromatic rings. The Kier molecular flexibility index (Phi) is 3.62. The summed E-state index contributed by atoms with van der Waals surface area (Å²) >= 11 is 0. The second-order valence-corrected chi connectivity index (χ2v) is 4.93. The van der Waals surface area contributed by atoms with Crippen molar-refractivity contribution in [3.63, 3.8) is 0 Å². The number of hydrazone groups is 1. The Hall–Kier alpha value is -3.08. The number of phenolic OH excluding ortho intramolecular Hbond substituents is 1. The molecule has 0 spiro atoms. The summed E-state index contributed by atoms with van der Waals surface area (Å²) in [5.41, 5.74) is 6.09. The second kappa shape index (κ2) is 5.73. The lowest BCUT2D eigenvalue weighted by molar-refractivity contribution is -0.118. The smallest absolute Gasteiger partial charge is 0.236 e. The van der Waals surface area contributed by atoms with E-state index in [2.05, 4.69) is 15.5 Å². The fourth-order valence-electron chi connectivity index (χ4n) is 2.34. The van der Waals surface area contributed by atoms with Gasteiger partial charge in [0.25, 0.3) is 0 Å². The van der Waals surface area contributed by atoms with E-state index in [1.807, 2.05) is 36.4 Å². The van der Waals surface area contributed by atoms with Gasteiger partial charge in [0, 0.05) is 23.4 Å². The Balaban J connectivity index is 2.13. The Morgan fingerprint density at radius 3 is 2.64 bits per heavy atom. The molecule has 0 fully saturated rings. The third kappa shape index (κ3) is 2.69. The molecule has 0 aliphatic heterocycles. The highest BCUT2D eigenvalue weighted by Crippen LogP contribution is 2.29. The standard InChI is InChI=1S/C17H15N3O2/c1-11(21)20-18-10-15-14-4-2-3-5-16(14)19-17(15)12-6-8-13(22)9-7-12/h2-10,19,22H,1H3,(H,20,21)/b18-10+. The molecule has 0 aliphatic carbocycles. The highest BCUT2D eigenvalue weighted by molar-refractivity contribution is 6.06. The second-order valence-electron chi connectivity index (χ2n) is 4.93. The van der Waals surface area contributed by atoms with Crippen LogP contribution in [0, 0.1) is 0 Å². The van der Waals surface area contributed by atoms with Crippen LogP contribution in [0.4, 0.5) is 0 Å². The third-order valence-corrected chi connectivity index (χ3v) is 3.32. The Morgan fingerprint density at radius 1 is 1.18 bits per heavy atom. The van der Waals surface area contributed by atoms with Gasteiger partial charge in [-0.1, -0.05) is 18.2 Å². The molecule has 1 heterocycles. The van der Waals surface area contributed by atoms with Crippen molar-refractivity contribution in [2.24, 2.45) is 5.10 Å². The molecule has 0 aliphatic rings. The minimum absolute atomic E-state index is 0.216. The quantitative estimate of drug-likeness (QED) is 0.513. The topological polar surface area (TPSA) is 77.5 Å². The minimum atomic E-state index is -0.220. The highest BCUT2D eigenvalue weighted by Gasteiger charge is 2.11. The maximum Gasteiger partial charge on any atom is 0.236 e. The van der Waals surface area contributed by atoms with E-state index in [9.17, 15) is 9.90 Å². The molecule has 2 aromatic carbocycles. The van der Waals surface area contributed by atoms with Crippen LogP contribution in [0.3, 0.4) is 0 Å². The number of hydrogen-bond acceptors (Lipinski definition) is 3. The minimum Gasteiger partial charge on any atom is -0.508 e. The van der Waals surface area contributed by atoms with Crippen molar-refractivity contribution in [3.8, 4) is 17.0 Å². The summed E-state index contributed by atoms with van der Waals surface area (Å²) in [5.74, 6) is -0.00407. The number of nitrogens with zero attached hydrogens (tertiary/aromatic N) is 1. The molecule has 0 saturated carbocycles. The number of benzene rings is 2. The SMILES string of the molecule is CC(=O)N/N=C/c1c(-c2ccc(O)cc2)[nH]c2ccccc12. The van der Waals surface area contributed by atoms with E-state index < -0.39 is 0 Å². The molecule has 3 rings (SSSR count). The van der Waals surface area contributed by atoms with Crippen LogP contribution >= 0.6 is 0 Å². The van der Waals surface area contributed by atoms with Gasteiger partial charge in [0.05, 0.1) is 11.9 Å². The number of aromatic hydroxyl groups is 1. The first kappa shape index (κ1) is 13.9. The van der Waals surface area contributed by atoms with Crippen LogP contribution in [0.2, 0.25) is 0 Å². The average molecular weight is 293 g/mol. The largest absolute Gasteiger partial charge is 0.508 e. The van der Waals surface area contributed by atoms with E-state index in [4.69, 9.17) is 0 Å². The van der Waals surface area contributed by atoms with E-state index >= 15 is 0 Å². The first-order chi connectivity index (χ1) is 10.6. The first-order valence-electron chi connectivity index (χ1n) is 6.85. The van der Waals surface area contributed by atoms with Crippen molar-refractivity contribution in [2.75, 3.05) is 0 Å². The number of amides is 1. The van der Waals surface area contributed by atoms with Crippen molar-refractivity contribution in [2.45, 2.75) is 6.92 Å². The predicted molar refractivity (Wildman–Crippen MR) is 86.8 cm³/mol. The number of H-pyrrole nitrogens is 1. The summed E-state index contributed by atoms with van der Waals surface area (Å²) in [5, 5.41) is 14.4. The number of hydrogen-bond donors (Lipinski definition) is 3. The van der Waals surface area contributed by atoms with Gasteiger partial charge in [-0.3, -0.25) is 4.79 Å². The lowest BCUT2D eigenvalue weighted by Gasteiger charge is -2.01. The number of phenols is 1.